The number of rotatable bonds is 10. The fourth-order valence-electron chi connectivity index (χ4n) is 4.05. The molecule has 2 aliphatic rings. The van der Waals surface area contributed by atoms with Crippen LogP contribution >= 0.6 is 0 Å². The predicted octanol–water partition coefficient (Wildman–Crippen LogP) is 1.93. The summed E-state index contributed by atoms with van der Waals surface area (Å²) in [5, 5.41) is 3.01. The van der Waals surface area contributed by atoms with Crippen molar-refractivity contribution < 1.29 is 23.9 Å². The standard InChI is InChI=1S/C23H32N4O5/c1-3-18(24-20(28)11-8-14-27-21(29)15-25(2)23(27)31)17-9-4-5-10-19(17)32-16-22(30)26-12-6-7-13-26/h4-5,9-10,18H,3,6-8,11-16H2,1-2H3,(H,24,28). The molecule has 0 aliphatic carbocycles. The molecular weight excluding hydrogens is 412 g/mol. The van der Waals surface area contributed by atoms with Crippen molar-refractivity contribution in [3.05, 3.63) is 29.8 Å². The van der Waals surface area contributed by atoms with E-state index in [1.54, 1.807) is 7.05 Å². The van der Waals surface area contributed by atoms with E-state index in [1.807, 2.05) is 36.1 Å². The molecule has 1 atom stereocenters. The van der Waals surface area contributed by atoms with Crippen LogP contribution in [-0.2, 0) is 14.4 Å². The molecule has 174 valence electrons. The lowest BCUT2D eigenvalue weighted by molar-refractivity contribution is -0.132. The third kappa shape index (κ3) is 5.77. The molecule has 0 saturated carbocycles. The van der Waals surface area contributed by atoms with Gasteiger partial charge in [0.25, 0.3) is 5.91 Å². The number of hydrogen-bond donors (Lipinski definition) is 1. The summed E-state index contributed by atoms with van der Waals surface area (Å²) in [5.41, 5.74) is 0.823. The Bertz CT molecular complexity index is 853. The molecule has 1 unspecified atom stereocenters. The molecule has 2 fully saturated rings. The molecule has 1 aromatic rings. The van der Waals surface area contributed by atoms with Gasteiger partial charge in [0.05, 0.1) is 6.04 Å². The van der Waals surface area contributed by atoms with E-state index < -0.39 is 0 Å². The second-order valence-electron chi connectivity index (χ2n) is 8.23. The lowest BCUT2D eigenvalue weighted by Crippen LogP contribution is -2.34. The molecule has 0 bridgehead atoms. The van der Waals surface area contributed by atoms with Crippen molar-refractivity contribution >= 4 is 23.8 Å². The third-order valence-corrected chi connectivity index (χ3v) is 5.86. The number of benzene rings is 1. The highest BCUT2D eigenvalue weighted by atomic mass is 16.5. The smallest absolute Gasteiger partial charge is 0.326 e. The van der Waals surface area contributed by atoms with Crippen LogP contribution in [0.3, 0.4) is 0 Å². The zero-order valence-corrected chi connectivity index (χ0v) is 18.8. The highest BCUT2D eigenvalue weighted by molar-refractivity contribution is 6.01. The van der Waals surface area contributed by atoms with Gasteiger partial charge < -0.3 is 19.9 Å². The second-order valence-corrected chi connectivity index (χ2v) is 8.23. The van der Waals surface area contributed by atoms with Crippen LogP contribution in [0.15, 0.2) is 24.3 Å². The van der Waals surface area contributed by atoms with Gasteiger partial charge in [-0.25, -0.2) is 4.79 Å². The Morgan fingerprint density at radius 2 is 1.88 bits per heavy atom. The van der Waals surface area contributed by atoms with Crippen LogP contribution in [0.4, 0.5) is 4.79 Å². The number of likely N-dealkylation sites (N-methyl/N-ethyl adjacent to an activating group) is 1. The topological polar surface area (TPSA) is 99.3 Å². The number of ether oxygens (including phenoxy) is 1. The summed E-state index contributed by atoms with van der Waals surface area (Å²) in [6.45, 7) is 3.82. The van der Waals surface area contributed by atoms with Crippen LogP contribution in [0.1, 0.15) is 50.6 Å². The number of carbonyl (C=O) groups is 4. The zero-order valence-electron chi connectivity index (χ0n) is 18.8. The van der Waals surface area contributed by atoms with E-state index in [4.69, 9.17) is 4.74 Å². The van der Waals surface area contributed by atoms with E-state index >= 15 is 0 Å². The number of carbonyl (C=O) groups excluding carboxylic acids is 4. The number of amides is 5. The van der Waals surface area contributed by atoms with Gasteiger partial charge in [-0.05, 0) is 31.7 Å². The second kappa shape index (κ2) is 11.0. The number of para-hydroxylation sites is 1. The largest absolute Gasteiger partial charge is 0.483 e. The van der Waals surface area contributed by atoms with Crippen molar-refractivity contribution in [3.63, 3.8) is 0 Å². The first-order chi connectivity index (χ1) is 15.4. The third-order valence-electron chi connectivity index (χ3n) is 5.86. The van der Waals surface area contributed by atoms with Crippen LogP contribution in [0.5, 0.6) is 5.75 Å². The van der Waals surface area contributed by atoms with Gasteiger partial charge in [-0.15, -0.1) is 0 Å². The molecule has 0 spiro atoms. The van der Waals surface area contributed by atoms with Crippen molar-refractivity contribution in [2.75, 3.05) is 39.8 Å². The predicted molar refractivity (Wildman–Crippen MR) is 118 cm³/mol. The highest BCUT2D eigenvalue weighted by Crippen LogP contribution is 2.27. The molecule has 2 aliphatic heterocycles. The van der Waals surface area contributed by atoms with Gasteiger partial charge in [0, 0.05) is 38.7 Å². The lowest BCUT2D eigenvalue weighted by Gasteiger charge is -2.22. The van der Waals surface area contributed by atoms with E-state index in [0.717, 1.165) is 31.5 Å². The monoisotopic (exact) mass is 444 g/mol. The molecule has 0 aromatic heterocycles. The zero-order chi connectivity index (χ0) is 23.1. The van der Waals surface area contributed by atoms with Crippen LogP contribution in [0.2, 0.25) is 0 Å². The van der Waals surface area contributed by atoms with Gasteiger partial charge in [-0.1, -0.05) is 25.1 Å². The Morgan fingerprint density at radius 1 is 1.16 bits per heavy atom. The van der Waals surface area contributed by atoms with Gasteiger partial charge in [0.15, 0.2) is 6.61 Å². The minimum atomic E-state index is -0.323. The molecule has 1 N–H and O–H groups in total. The Balaban J connectivity index is 1.52. The highest BCUT2D eigenvalue weighted by Gasteiger charge is 2.33. The Labute approximate surface area is 188 Å². The summed E-state index contributed by atoms with van der Waals surface area (Å²) >= 11 is 0. The van der Waals surface area contributed by atoms with Crippen molar-refractivity contribution in [2.45, 2.75) is 45.1 Å². The summed E-state index contributed by atoms with van der Waals surface area (Å²) < 4.78 is 5.83. The molecular formula is C23H32N4O5. The number of hydrogen-bond acceptors (Lipinski definition) is 5. The SMILES string of the molecule is CCC(NC(=O)CCCN1C(=O)CN(C)C1=O)c1ccccc1OCC(=O)N1CCCC1. The molecule has 0 radical (unpaired) electrons. The van der Waals surface area contributed by atoms with Crippen molar-refractivity contribution in [1.82, 2.24) is 20.0 Å². The molecule has 32 heavy (non-hydrogen) atoms. The molecule has 9 heteroatoms. The number of urea groups is 1. The molecule has 3 rings (SSSR count). The number of nitrogens with zero attached hydrogens (tertiary/aromatic N) is 3. The molecule has 9 nitrogen and oxygen atoms in total. The fourth-order valence-corrected chi connectivity index (χ4v) is 4.05. The van der Waals surface area contributed by atoms with Crippen LogP contribution in [0, 0.1) is 0 Å². The maximum atomic E-state index is 12.5. The summed E-state index contributed by atoms with van der Waals surface area (Å²) in [7, 11) is 1.58. The Morgan fingerprint density at radius 3 is 2.53 bits per heavy atom. The Kier molecular flexibility index (Phi) is 8.08. The quantitative estimate of drug-likeness (QED) is 0.556. The van der Waals surface area contributed by atoms with Gasteiger partial charge in [-0.2, -0.15) is 0 Å². The molecule has 2 saturated heterocycles. The van der Waals surface area contributed by atoms with Crippen LogP contribution in [-0.4, -0.2) is 78.3 Å². The number of nitrogens with one attached hydrogen (secondary N) is 1. The minimum absolute atomic E-state index is 0.0201. The van der Waals surface area contributed by atoms with Crippen molar-refractivity contribution in [1.29, 1.82) is 0 Å². The van der Waals surface area contributed by atoms with Crippen LogP contribution < -0.4 is 10.1 Å². The van der Waals surface area contributed by atoms with Crippen molar-refractivity contribution in [2.24, 2.45) is 0 Å². The van der Waals surface area contributed by atoms with Gasteiger partial charge in [0.2, 0.25) is 11.8 Å². The Hall–Kier alpha value is -3.10. The average molecular weight is 445 g/mol. The summed E-state index contributed by atoms with van der Waals surface area (Å²) in [5.74, 6) is 0.167. The van der Waals surface area contributed by atoms with E-state index in [0.29, 0.717) is 18.6 Å². The summed E-state index contributed by atoms with van der Waals surface area (Å²) in [4.78, 5) is 53.0. The normalized spacial score (nSPS) is 17.1. The van der Waals surface area contributed by atoms with Gasteiger partial charge >= 0.3 is 6.03 Å². The fraction of sp³-hybridized carbons (Fsp3) is 0.565. The number of imide groups is 1. The van der Waals surface area contributed by atoms with Crippen LogP contribution in [0.25, 0.3) is 0 Å². The first-order valence-corrected chi connectivity index (χ1v) is 11.2. The van der Waals surface area contributed by atoms with E-state index in [1.165, 1.54) is 9.80 Å². The maximum absolute atomic E-state index is 12.5. The number of likely N-dealkylation sites (tertiary alicyclic amines) is 1. The van der Waals surface area contributed by atoms with Gasteiger partial charge in [-0.3, -0.25) is 19.3 Å². The lowest BCUT2D eigenvalue weighted by atomic mass is 10.0. The molecule has 1 aromatic carbocycles. The van der Waals surface area contributed by atoms with Gasteiger partial charge in [0.1, 0.15) is 12.3 Å². The average Bonchev–Trinajstić information content (AvgIpc) is 3.40. The molecule has 2 heterocycles. The summed E-state index contributed by atoms with van der Waals surface area (Å²) in [6.07, 6.45) is 3.32. The maximum Gasteiger partial charge on any atom is 0.326 e. The minimum Gasteiger partial charge on any atom is -0.483 e. The van der Waals surface area contributed by atoms with E-state index in [2.05, 4.69) is 5.32 Å². The van der Waals surface area contributed by atoms with E-state index in [9.17, 15) is 19.2 Å². The van der Waals surface area contributed by atoms with Crippen molar-refractivity contribution in [3.8, 4) is 5.75 Å². The first kappa shape index (κ1) is 23.6. The summed E-state index contributed by atoms with van der Waals surface area (Å²) in [6, 6.07) is 6.83. The molecule has 5 amide bonds. The van der Waals surface area contributed by atoms with E-state index in [-0.39, 0.29) is 55.9 Å². The first-order valence-electron chi connectivity index (χ1n) is 11.2.